The van der Waals surface area contributed by atoms with E-state index in [0.29, 0.717) is 0 Å². The molecule has 0 unspecified atom stereocenters. The average molecular weight is 3300 g/mol. The molecule has 0 heterocycles. The normalized spacial score (nSPS) is 6.94. The first-order valence-corrected chi connectivity index (χ1v) is 39.7. The van der Waals surface area contributed by atoms with Gasteiger partial charge in [0.15, 0.2) is 0 Å². The van der Waals surface area contributed by atoms with E-state index < -0.39 is 0 Å². The van der Waals surface area contributed by atoms with Gasteiger partial charge < -0.3 is 0 Å². The summed E-state index contributed by atoms with van der Waals surface area (Å²) in [4.78, 5) is 0. The molecular formula is C107H144Y21-12. The van der Waals surface area contributed by atoms with Gasteiger partial charge in [0, 0.05) is 687 Å². The van der Waals surface area contributed by atoms with Crippen LogP contribution in [0.1, 0.15) is 225 Å². The molecule has 0 fully saturated rings. The summed E-state index contributed by atoms with van der Waals surface area (Å²) in [5.74, 6) is 0.735. The molecule has 647 valence electrons. The summed E-state index contributed by atoms with van der Waals surface area (Å²) in [5.41, 5.74) is 20.8. The Morgan fingerprint density at radius 2 is 0.367 bits per heavy atom. The van der Waals surface area contributed by atoms with E-state index in [4.69, 9.17) is 0 Å². The van der Waals surface area contributed by atoms with Crippen molar-refractivity contribution in [1.29, 1.82) is 0 Å². The summed E-state index contributed by atoms with van der Waals surface area (Å²) >= 11 is 0. The summed E-state index contributed by atoms with van der Waals surface area (Å²) in [6.07, 6.45) is 1.14. The number of aryl methyl sites for hydroxylation is 1. The molecule has 0 aliphatic heterocycles. The summed E-state index contributed by atoms with van der Waals surface area (Å²) in [6, 6.07) is 115. The van der Waals surface area contributed by atoms with E-state index in [1.165, 1.54) is 66.8 Å². The van der Waals surface area contributed by atoms with Gasteiger partial charge in [0.05, 0.1) is 0 Å². The van der Waals surface area contributed by atoms with Gasteiger partial charge in [-0.1, -0.05) is 223 Å². The smallest absolute Gasteiger partial charge is 0 e. The van der Waals surface area contributed by atoms with Crippen LogP contribution >= 0.6 is 0 Å². The Hall–Kier alpha value is 13.0. The third-order valence-electron chi connectivity index (χ3n) is 12.3. The van der Waals surface area contributed by atoms with E-state index in [-0.39, 0.29) is 687 Å². The Morgan fingerprint density at radius 1 is 0.195 bits per heavy atom. The van der Waals surface area contributed by atoms with Gasteiger partial charge in [-0.05, 0) is 12.3 Å². The van der Waals surface area contributed by atoms with Gasteiger partial charge in [-0.15, -0.1) is 97.6 Å². The largest absolute Gasteiger partial charge is 0.199 e. The third kappa shape index (κ3) is 126. The van der Waals surface area contributed by atoms with Crippen LogP contribution in [0.3, 0.4) is 0 Å². The maximum atomic E-state index is 3.90. The fourth-order valence-electron chi connectivity index (χ4n) is 8.33. The van der Waals surface area contributed by atoms with Crippen molar-refractivity contribution in [3.05, 3.63) is 414 Å². The Balaban J connectivity index is -0.0000000329. The SMILES string of the molecule is CC.CC.CC.CC.CC.CC.CC.CC.CC.CC.CC.CC.CC(C)Cc1[c-]cccc1.[CH2-]c1cccc(-c2c[c-]ccc2)c1.[CH2-]c1cccc(-c2c[c-]ccc2)c1.[CH2-]c1cccc(-c2c[c-]ccc2)c1.[CH2-]c1cccc(-c2c[c-]ccc2)c1.[CH2-]c1cccc(-c2c[c-]ccc2)c1.[CH2-]c1cccc(C)c1.[Y].[Y].[Y].[Y].[Y].[Y].[Y].[Y].[Y].[Y].[Y].[Y].[Y].[Y].[Y].[Y].[Y].[Y].[Y].[Y].[Y]. The van der Waals surface area contributed by atoms with Crippen LogP contribution in [0.4, 0.5) is 0 Å². The molecular weight excluding hydrogens is 3150 g/mol. The minimum absolute atomic E-state index is 0. The Kier molecular flexibility index (Phi) is 293. The van der Waals surface area contributed by atoms with Crippen molar-refractivity contribution in [1.82, 2.24) is 0 Å². The molecule has 0 spiro atoms. The molecule has 21 radical (unpaired) electrons. The second kappa shape index (κ2) is 173. The van der Waals surface area contributed by atoms with Crippen LogP contribution in [0.2, 0.25) is 0 Å². The van der Waals surface area contributed by atoms with Crippen LogP contribution in [0.5, 0.6) is 0 Å². The first-order chi connectivity index (χ1) is 52.4. The third-order valence-corrected chi connectivity index (χ3v) is 12.3. The van der Waals surface area contributed by atoms with Crippen molar-refractivity contribution in [2.75, 3.05) is 0 Å². The van der Waals surface area contributed by atoms with Crippen molar-refractivity contribution in [3.63, 3.8) is 0 Å². The van der Waals surface area contributed by atoms with E-state index in [0.717, 1.165) is 45.7 Å². The molecule has 0 amide bonds. The van der Waals surface area contributed by atoms with Gasteiger partial charge in [-0.25, -0.2) is 0 Å². The summed E-state index contributed by atoms with van der Waals surface area (Å²) in [6.45, 7) is 77.8. The zero-order valence-corrected chi connectivity index (χ0v) is 144. The van der Waals surface area contributed by atoms with Crippen LogP contribution < -0.4 is 0 Å². The molecule has 128 heavy (non-hydrogen) atoms. The molecule has 0 saturated carbocycles. The number of hydrogen-bond donors (Lipinski definition) is 0. The molecule has 12 aromatic carbocycles. The van der Waals surface area contributed by atoms with Gasteiger partial charge in [0.2, 0.25) is 0 Å². The van der Waals surface area contributed by atoms with E-state index >= 15 is 0 Å². The van der Waals surface area contributed by atoms with Gasteiger partial charge in [0.1, 0.15) is 0 Å². The van der Waals surface area contributed by atoms with E-state index in [1.807, 2.05) is 342 Å². The van der Waals surface area contributed by atoms with Crippen LogP contribution in [0.25, 0.3) is 55.6 Å². The average Bonchev–Trinajstić information content (AvgIpc) is 0.895. The van der Waals surface area contributed by atoms with Crippen LogP contribution in [-0.4, -0.2) is 0 Å². The van der Waals surface area contributed by atoms with Gasteiger partial charge in [0.25, 0.3) is 0 Å². The molecule has 0 aliphatic rings. The minimum Gasteiger partial charge on any atom is -0.199 e. The first-order valence-electron chi connectivity index (χ1n) is 39.7. The number of benzene rings is 12. The minimum atomic E-state index is 0. The predicted molar refractivity (Wildman–Crippen MR) is 491 cm³/mol. The second-order valence-electron chi connectivity index (χ2n) is 19.9. The van der Waals surface area contributed by atoms with Gasteiger partial charge in [-0.2, -0.15) is 335 Å². The fraction of sp³-hybridized carbons (Fsp3) is 0.271. The standard InChI is InChI=1S/5C13H10.C10H13.C8H9.12C2H6.21Y/c5*1-11-6-5-9-13(10-11)12-7-3-2-4-8-12;1-9(2)8-10-6-4-3-5-7-10;1-7-4-3-5-8(2)6-7;12*1-2;;;;;;;;;;;;;;;;;;;;;/h5*2-3,5-10H,1H2;3-6,9H,8H2,1-2H3;3-6H,1H2,2H3;12*1-2H3;;;;;;;;;;;;;;;;;;;;;/q5*-2;2*-1;;;;;;;;;;;;;;;;;;;;;;;;;;;;;;;;;. The van der Waals surface area contributed by atoms with Gasteiger partial charge in [-0.3, -0.25) is 0 Å². The van der Waals surface area contributed by atoms with Crippen LogP contribution in [-0.2, 0) is 693 Å². The zero-order valence-electron chi connectivity index (χ0n) is 84.4. The topological polar surface area (TPSA) is 0 Å². The van der Waals surface area contributed by atoms with Gasteiger partial charge >= 0.3 is 0 Å². The van der Waals surface area contributed by atoms with Crippen molar-refractivity contribution in [3.8, 4) is 55.6 Å². The molecule has 0 nitrogen and oxygen atoms in total. The molecule has 21 heteroatoms. The zero-order chi connectivity index (χ0) is 82.9. The number of hydrogen-bond acceptors (Lipinski definition) is 0. The molecule has 0 saturated heterocycles. The van der Waals surface area contributed by atoms with Crippen molar-refractivity contribution >= 4 is 0 Å². The summed E-state index contributed by atoms with van der Waals surface area (Å²) in [7, 11) is 0. The predicted octanol–water partition coefficient (Wildman–Crippen LogP) is 33.8. The Bertz CT molecular complexity index is 3250. The van der Waals surface area contributed by atoms with Crippen molar-refractivity contribution in [2.45, 2.75) is 193 Å². The van der Waals surface area contributed by atoms with E-state index in [9.17, 15) is 0 Å². The Labute approximate surface area is 1320 Å². The molecule has 0 aromatic heterocycles. The molecule has 0 N–H and O–H groups in total. The fourth-order valence-corrected chi connectivity index (χ4v) is 8.33. The van der Waals surface area contributed by atoms with Crippen LogP contribution in [0, 0.1) is 90.8 Å². The van der Waals surface area contributed by atoms with Crippen molar-refractivity contribution in [2.24, 2.45) is 5.92 Å². The molecule has 0 bridgehead atoms. The molecule has 12 rings (SSSR count). The van der Waals surface area contributed by atoms with Crippen LogP contribution in [0.15, 0.2) is 291 Å². The first kappa shape index (κ1) is 216. The summed E-state index contributed by atoms with van der Waals surface area (Å²) < 4.78 is 0. The molecule has 0 atom stereocenters. The Morgan fingerprint density at radius 3 is 0.492 bits per heavy atom. The maximum Gasteiger partial charge on any atom is 0 e. The summed E-state index contributed by atoms with van der Waals surface area (Å²) in [5, 5.41) is 0. The van der Waals surface area contributed by atoms with E-state index in [2.05, 4.69) is 214 Å². The second-order valence-corrected chi connectivity index (χ2v) is 19.9. The van der Waals surface area contributed by atoms with E-state index in [1.54, 1.807) is 0 Å². The quantitative estimate of drug-likeness (QED) is 0.140. The van der Waals surface area contributed by atoms with Crippen molar-refractivity contribution < 1.29 is 687 Å². The monoisotopic (exact) mass is 3300 g/mol. The molecule has 12 aromatic rings. The number of rotatable bonds is 7. The molecule has 0 aliphatic carbocycles. The maximum absolute atomic E-state index is 3.90.